The molecule has 0 heterocycles. The highest BCUT2D eigenvalue weighted by Gasteiger charge is 2.36. The monoisotopic (exact) mass is 285 g/mol. The molecule has 0 aliphatic heterocycles. The van der Waals surface area contributed by atoms with E-state index in [1.165, 1.54) is 0 Å². The maximum atomic E-state index is 12.5. The fourth-order valence-corrected chi connectivity index (χ4v) is 2.51. The molecule has 0 aromatic heterocycles. The fourth-order valence-electron chi connectivity index (χ4n) is 2.51. The van der Waals surface area contributed by atoms with Gasteiger partial charge >= 0.3 is 0 Å². The summed E-state index contributed by atoms with van der Waals surface area (Å²) in [6, 6.07) is 0. The van der Waals surface area contributed by atoms with E-state index in [0.717, 1.165) is 25.7 Å². The lowest BCUT2D eigenvalue weighted by atomic mass is 9.78. The van der Waals surface area contributed by atoms with Gasteiger partial charge in [-0.1, -0.05) is 26.7 Å². The molecule has 20 heavy (non-hydrogen) atoms. The third-order valence-corrected chi connectivity index (χ3v) is 3.86. The molecule has 0 unspecified atom stereocenters. The molecule has 0 fully saturated rings. The van der Waals surface area contributed by atoms with Crippen molar-refractivity contribution in [2.24, 2.45) is 16.6 Å². The molecule has 0 spiro atoms. The lowest BCUT2D eigenvalue weighted by molar-refractivity contribution is -0.133. The van der Waals surface area contributed by atoms with Gasteiger partial charge in [-0.05, 0) is 26.7 Å². The van der Waals surface area contributed by atoms with Crippen molar-refractivity contribution >= 4 is 11.8 Å². The summed E-state index contributed by atoms with van der Waals surface area (Å²) in [5, 5.41) is 5.54. The van der Waals surface area contributed by atoms with Crippen molar-refractivity contribution < 1.29 is 9.59 Å². The van der Waals surface area contributed by atoms with Crippen LogP contribution in [-0.2, 0) is 9.59 Å². The lowest BCUT2D eigenvalue weighted by Gasteiger charge is -2.32. The van der Waals surface area contributed by atoms with Crippen LogP contribution in [0.25, 0.3) is 0 Å². The minimum atomic E-state index is -0.622. The van der Waals surface area contributed by atoms with Crippen LogP contribution in [0, 0.1) is 10.8 Å². The molecule has 0 aliphatic carbocycles. The third kappa shape index (κ3) is 4.78. The van der Waals surface area contributed by atoms with Gasteiger partial charge in [0.15, 0.2) is 0 Å². The van der Waals surface area contributed by atoms with Crippen LogP contribution < -0.4 is 16.4 Å². The number of hydrogen-bond donors (Lipinski definition) is 3. The molecular formula is C15H31N3O2. The maximum Gasteiger partial charge on any atom is 0.227 e. The van der Waals surface area contributed by atoms with E-state index in [0.29, 0.717) is 13.1 Å². The number of nitrogens with one attached hydrogen (secondary N) is 2. The van der Waals surface area contributed by atoms with E-state index >= 15 is 0 Å². The molecule has 5 nitrogen and oxygen atoms in total. The van der Waals surface area contributed by atoms with Crippen molar-refractivity contribution in [2.45, 2.75) is 53.4 Å². The van der Waals surface area contributed by atoms with E-state index in [1.54, 1.807) is 7.05 Å². The predicted octanol–water partition coefficient (Wildman–Crippen LogP) is 1.42. The second kappa shape index (κ2) is 8.25. The summed E-state index contributed by atoms with van der Waals surface area (Å²) >= 11 is 0. The zero-order valence-corrected chi connectivity index (χ0v) is 13.6. The smallest absolute Gasteiger partial charge is 0.227 e. The van der Waals surface area contributed by atoms with Crippen molar-refractivity contribution in [1.82, 2.24) is 10.6 Å². The first-order valence-corrected chi connectivity index (χ1v) is 7.50. The number of carbonyl (C=O) groups is 2. The van der Waals surface area contributed by atoms with Gasteiger partial charge in [0, 0.05) is 20.1 Å². The first kappa shape index (κ1) is 18.9. The van der Waals surface area contributed by atoms with Crippen LogP contribution in [0.4, 0.5) is 0 Å². The minimum Gasteiger partial charge on any atom is -0.359 e. The average Bonchev–Trinajstić information content (AvgIpc) is 2.43. The molecule has 0 saturated carbocycles. The second-order valence-electron chi connectivity index (χ2n) is 6.13. The van der Waals surface area contributed by atoms with Gasteiger partial charge < -0.3 is 16.4 Å². The van der Waals surface area contributed by atoms with Crippen molar-refractivity contribution in [3.05, 3.63) is 0 Å². The van der Waals surface area contributed by atoms with Crippen molar-refractivity contribution in [1.29, 1.82) is 0 Å². The molecule has 0 aliphatic rings. The van der Waals surface area contributed by atoms with Crippen LogP contribution in [0.15, 0.2) is 0 Å². The Morgan fingerprint density at radius 3 is 1.90 bits per heavy atom. The Labute approximate surface area is 123 Å². The summed E-state index contributed by atoms with van der Waals surface area (Å²) in [7, 11) is 1.60. The van der Waals surface area contributed by atoms with Gasteiger partial charge in [-0.2, -0.15) is 0 Å². The molecule has 0 bridgehead atoms. The van der Waals surface area contributed by atoms with E-state index in [4.69, 9.17) is 5.73 Å². The number of rotatable bonds is 9. The Morgan fingerprint density at radius 2 is 1.55 bits per heavy atom. The SMILES string of the molecule is CCCC(CN)(CCC)C(=O)NCC(C)(C)C(=O)NC. The predicted molar refractivity (Wildman–Crippen MR) is 82.2 cm³/mol. The molecule has 0 rings (SSSR count). The normalized spacial score (nSPS) is 12.1. The summed E-state index contributed by atoms with van der Waals surface area (Å²) in [6.07, 6.45) is 3.40. The highest BCUT2D eigenvalue weighted by atomic mass is 16.2. The van der Waals surface area contributed by atoms with Gasteiger partial charge in [0.2, 0.25) is 11.8 Å². The molecule has 5 heteroatoms. The molecule has 0 aromatic rings. The summed E-state index contributed by atoms with van der Waals surface area (Å²) in [5.74, 6) is -0.109. The highest BCUT2D eigenvalue weighted by molar-refractivity contribution is 5.85. The highest BCUT2D eigenvalue weighted by Crippen LogP contribution is 2.29. The van der Waals surface area contributed by atoms with Crippen LogP contribution in [-0.4, -0.2) is 32.0 Å². The molecule has 118 valence electrons. The van der Waals surface area contributed by atoms with Gasteiger partial charge in [0.05, 0.1) is 10.8 Å². The Kier molecular flexibility index (Phi) is 7.79. The molecule has 4 N–H and O–H groups in total. The van der Waals surface area contributed by atoms with Gasteiger partial charge in [0.1, 0.15) is 0 Å². The van der Waals surface area contributed by atoms with Gasteiger partial charge in [-0.15, -0.1) is 0 Å². The number of amides is 2. The summed E-state index contributed by atoms with van der Waals surface area (Å²) in [4.78, 5) is 24.2. The van der Waals surface area contributed by atoms with E-state index in [-0.39, 0.29) is 11.8 Å². The second-order valence-corrected chi connectivity index (χ2v) is 6.13. The molecule has 0 radical (unpaired) electrons. The number of hydrogen-bond acceptors (Lipinski definition) is 3. The van der Waals surface area contributed by atoms with E-state index in [9.17, 15) is 9.59 Å². The van der Waals surface area contributed by atoms with E-state index < -0.39 is 10.8 Å². The van der Waals surface area contributed by atoms with Gasteiger partial charge in [-0.25, -0.2) is 0 Å². The summed E-state index contributed by atoms with van der Waals surface area (Å²) < 4.78 is 0. The van der Waals surface area contributed by atoms with Crippen LogP contribution in [0.1, 0.15) is 53.4 Å². The fraction of sp³-hybridized carbons (Fsp3) is 0.867. The van der Waals surface area contributed by atoms with E-state index in [1.807, 2.05) is 13.8 Å². The first-order chi connectivity index (χ1) is 9.29. The molecule has 0 saturated heterocycles. The number of carbonyl (C=O) groups excluding carboxylic acids is 2. The van der Waals surface area contributed by atoms with Crippen LogP contribution in [0.2, 0.25) is 0 Å². The van der Waals surface area contributed by atoms with Gasteiger partial charge in [-0.3, -0.25) is 9.59 Å². The topological polar surface area (TPSA) is 84.2 Å². The minimum absolute atomic E-state index is 0.0271. The Morgan fingerprint density at radius 1 is 1.05 bits per heavy atom. The lowest BCUT2D eigenvalue weighted by Crippen LogP contribution is -2.50. The van der Waals surface area contributed by atoms with Crippen LogP contribution in [0.3, 0.4) is 0 Å². The molecule has 0 atom stereocenters. The summed E-state index contributed by atoms with van der Waals surface area (Å²) in [5.41, 5.74) is 4.75. The molecular weight excluding hydrogens is 254 g/mol. The first-order valence-electron chi connectivity index (χ1n) is 7.50. The molecule has 2 amide bonds. The maximum absolute atomic E-state index is 12.5. The molecule has 0 aromatic carbocycles. The Hall–Kier alpha value is -1.10. The van der Waals surface area contributed by atoms with Crippen LogP contribution in [0.5, 0.6) is 0 Å². The Bertz CT molecular complexity index is 321. The number of nitrogens with two attached hydrogens (primary N) is 1. The zero-order valence-electron chi connectivity index (χ0n) is 13.6. The van der Waals surface area contributed by atoms with Crippen molar-refractivity contribution in [2.75, 3.05) is 20.1 Å². The van der Waals surface area contributed by atoms with Crippen LogP contribution >= 0.6 is 0 Å². The third-order valence-electron chi connectivity index (χ3n) is 3.86. The standard InChI is InChI=1S/C15H31N3O2/c1-6-8-15(10-16,9-7-2)13(20)18-11-14(3,4)12(19)17-5/h6-11,16H2,1-5H3,(H,17,19)(H,18,20). The van der Waals surface area contributed by atoms with Crippen molar-refractivity contribution in [3.8, 4) is 0 Å². The zero-order chi connectivity index (χ0) is 15.8. The average molecular weight is 285 g/mol. The van der Waals surface area contributed by atoms with Gasteiger partial charge in [0.25, 0.3) is 0 Å². The largest absolute Gasteiger partial charge is 0.359 e. The Balaban J connectivity index is 4.81. The van der Waals surface area contributed by atoms with E-state index in [2.05, 4.69) is 24.5 Å². The quantitative estimate of drug-likeness (QED) is 0.599. The summed E-state index contributed by atoms with van der Waals surface area (Å²) in [6.45, 7) is 8.41. The van der Waals surface area contributed by atoms with Crippen molar-refractivity contribution in [3.63, 3.8) is 0 Å².